The number of halogens is 13. The minimum absolute atomic E-state index is 0.144. The highest BCUT2D eigenvalue weighted by molar-refractivity contribution is 5.15. The third-order valence-electron chi connectivity index (χ3n) is 3.51. The van der Waals surface area contributed by atoms with E-state index in [1.165, 1.54) is 0 Å². The van der Waals surface area contributed by atoms with Crippen LogP contribution < -0.4 is 0 Å². The molecular formula is C14H15F13. The molecule has 0 fully saturated rings. The van der Waals surface area contributed by atoms with Gasteiger partial charge in [0.25, 0.3) is 0 Å². The van der Waals surface area contributed by atoms with E-state index in [0.29, 0.717) is 19.3 Å². The highest BCUT2D eigenvalue weighted by Gasteiger charge is 2.90. The summed E-state index contributed by atoms with van der Waals surface area (Å²) in [4.78, 5) is 0. The fraction of sp³-hybridized carbons (Fsp3) is 0.857. The van der Waals surface area contributed by atoms with E-state index in [0.717, 1.165) is 0 Å². The summed E-state index contributed by atoms with van der Waals surface area (Å²) < 4.78 is 166. The van der Waals surface area contributed by atoms with Crippen molar-refractivity contribution in [1.29, 1.82) is 0 Å². The molecule has 0 radical (unpaired) electrons. The summed E-state index contributed by atoms with van der Waals surface area (Å²) in [5.74, 6) is -36.6. The van der Waals surface area contributed by atoms with Gasteiger partial charge < -0.3 is 0 Å². The Bertz CT molecular complexity index is 502. The Morgan fingerprint density at radius 1 is 0.556 bits per heavy atom. The second-order valence-electron chi connectivity index (χ2n) is 5.67. The van der Waals surface area contributed by atoms with Crippen LogP contribution in [0.4, 0.5) is 57.1 Å². The standard InChI is InChI=1S/C14H15F13/c1-2-3-4-5-6-7-8-9(15,16)10(17,18)11(19,20)12(21,22)13(23,24)14(25,26)27/h7-8H,2-6H2,1H3. The predicted octanol–water partition coefficient (Wildman–Crippen LogP) is 7.25. The van der Waals surface area contributed by atoms with Crippen molar-refractivity contribution < 1.29 is 57.1 Å². The molecule has 0 saturated carbocycles. The van der Waals surface area contributed by atoms with Gasteiger partial charge >= 0.3 is 35.8 Å². The van der Waals surface area contributed by atoms with Crippen LogP contribution in [0.25, 0.3) is 0 Å². The first-order valence-electron chi connectivity index (χ1n) is 7.44. The van der Waals surface area contributed by atoms with E-state index in [9.17, 15) is 57.1 Å². The van der Waals surface area contributed by atoms with Crippen molar-refractivity contribution in [2.24, 2.45) is 0 Å². The normalized spacial score (nSPS) is 15.6. The summed E-state index contributed by atoms with van der Waals surface area (Å²) in [7, 11) is 0. The first-order chi connectivity index (χ1) is 11.8. The molecule has 0 aromatic carbocycles. The maximum atomic E-state index is 13.3. The Morgan fingerprint density at radius 2 is 1.00 bits per heavy atom. The van der Waals surface area contributed by atoms with Gasteiger partial charge in [-0.25, -0.2) is 0 Å². The molecule has 0 amide bonds. The quantitative estimate of drug-likeness (QED) is 0.195. The fourth-order valence-corrected chi connectivity index (χ4v) is 1.81. The first kappa shape index (κ1) is 25.8. The second kappa shape index (κ2) is 8.06. The summed E-state index contributed by atoms with van der Waals surface area (Å²) in [6.45, 7) is 1.77. The average Bonchev–Trinajstić information content (AvgIpc) is 2.48. The lowest BCUT2D eigenvalue weighted by molar-refractivity contribution is -0.436. The fourth-order valence-electron chi connectivity index (χ4n) is 1.81. The lowest BCUT2D eigenvalue weighted by Gasteiger charge is -2.39. The van der Waals surface area contributed by atoms with Crippen molar-refractivity contribution in [3.05, 3.63) is 12.2 Å². The molecule has 0 saturated heterocycles. The molecule has 0 aromatic heterocycles. The third-order valence-corrected chi connectivity index (χ3v) is 3.51. The minimum Gasteiger partial charge on any atom is -0.195 e. The predicted molar refractivity (Wildman–Crippen MR) is 68.7 cm³/mol. The molecule has 0 aliphatic heterocycles. The molecule has 0 aliphatic rings. The summed E-state index contributed by atoms with van der Waals surface area (Å²) in [6, 6.07) is 0. The van der Waals surface area contributed by atoms with E-state index in [-0.39, 0.29) is 18.9 Å². The molecule has 27 heavy (non-hydrogen) atoms. The van der Waals surface area contributed by atoms with Gasteiger partial charge in [-0.3, -0.25) is 0 Å². The van der Waals surface area contributed by atoms with Crippen molar-refractivity contribution in [2.75, 3.05) is 0 Å². The number of hydrogen-bond donors (Lipinski definition) is 0. The molecule has 0 nitrogen and oxygen atoms in total. The molecule has 162 valence electrons. The minimum atomic E-state index is -7.85. The molecule has 0 atom stereocenters. The van der Waals surface area contributed by atoms with Crippen molar-refractivity contribution in [3.63, 3.8) is 0 Å². The Labute approximate surface area is 145 Å². The zero-order chi connectivity index (χ0) is 21.9. The zero-order valence-electron chi connectivity index (χ0n) is 13.6. The maximum absolute atomic E-state index is 13.3. The van der Waals surface area contributed by atoms with Gasteiger partial charge in [0, 0.05) is 0 Å². The summed E-state index contributed by atoms with van der Waals surface area (Å²) in [5.41, 5.74) is 0. The molecule has 0 N–H and O–H groups in total. The van der Waals surface area contributed by atoms with E-state index in [4.69, 9.17) is 0 Å². The lowest BCUT2D eigenvalue weighted by atomic mass is 9.93. The highest BCUT2D eigenvalue weighted by atomic mass is 19.4. The largest absolute Gasteiger partial charge is 0.460 e. The van der Waals surface area contributed by atoms with Crippen molar-refractivity contribution in [3.8, 4) is 0 Å². The first-order valence-corrected chi connectivity index (χ1v) is 7.44. The van der Waals surface area contributed by atoms with Crippen LogP contribution in [0.3, 0.4) is 0 Å². The van der Waals surface area contributed by atoms with Gasteiger partial charge in [0.1, 0.15) is 0 Å². The van der Waals surface area contributed by atoms with Crippen LogP contribution in [0.2, 0.25) is 0 Å². The van der Waals surface area contributed by atoms with Gasteiger partial charge in [0.2, 0.25) is 0 Å². The van der Waals surface area contributed by atoms with E-state index in [2.05, 4.69) is 0 Å². The maximum Gasteiger partial charge on any atom is 0.460 e. The van der Waals surface area contributed by atoms with Crippen molar-refractivity contribution in [2.45, 2.75) is 74.8 Å². The van der Waals surface area contributed by atoms with Crippen molar-refractivity contribution >= 4 is 0 Å². The summed E-state index contributed by atoms with van der Waals surface area (Å²) in [5, 5.41) is 0. The van der Waals surface area contributed by atoms with E-state index < -0.39 is 41.9 Å². The van der Waals surface area contributed by atoms with E-state index in [1.807, 2.05) is 0 Å². The van der Waals surface area contributed by atoms with Gasteiger partial charge in [-0.05, 0) is 18.9 Å². The summed E-state index contributed by atoms with van der Waals surface area (Å²) in [6.07, 6.45) is -6.51. The molecule has 0 aliphatic carbocycles. The molecule has 0 rings (SSSR count). The molecule has 0 aromatic rings. The average molecular weight is 430 g/mol. The highest BCUT2D eigenvalue weighted by Crippen LogP contribution is 2.60. The van der Waals surface area contributed by atoms with Crippen LogP contribution in [0.15, 0.2) is 12.2 Å². The topological polar surface area (TPSA) is 0 Å². The Balaban J connectivity index is 5.71. The van der Waals surface area contributed by atoms with Crippen LogP contribution in [0.5, 0.6) is 0 Å². The van der Waals surface area contributed by atoms with Crippen LogP contribution in [-0.2, 0) is 0 Å². The van der Waals surface area contributed by atoms with Gasteiger partial charge in [0.05, 0.1) is 0 Å². The Morgan fingerprint density at radius 3 is 1.41 bits per heavy atom. The van der Waals surface area contributed by atoms with Crippen LogP contribution >= 0.6 is 0 Å². The zero-order valence-corrected chi connectivity index (χ0v) is 13.6. The molecular weight excluding hydrogens is 415 g/mol. The third kappa shape index (κ3) is 4.64. The number of rotatable bonds is 10. The number of alkyl halides is 13. The summed E-state index contributed by atoms with van der Waals surface area (Å²) >= 11 is 0. The van der Waals surface area contributed by atoms with E-state index >= 15 is 0 Å². The van der Waals surface area contributed by atoms with Crippen molar-refractivity contribution in [1.82, 2.24) is 0 Å². The number of unbranched alkanes of at least 4 members (excludes halogenated alkanes) is 4. The van der Waals surface area contributed by atoms with Gasteiger partial charge in [0.15, 0.2) is 0 Å². The van der Waals surface area contributed by atoms with Gasteiger partial charge in [-0.15, -0.1) is 0 Å². The molecule has 13 heteroatoms. The van der Waals surface area contributed by atoms with E-state index in [1.54, 1.807) is 6.92 Å². The number of hydrogen-bond acceptors (Lipinski definition) is 0. The molecule has 0 unspecified atom stereocenters. The van der Waals surface area contributed by atoms with Crippen LogP contribution in [0.1, 0.15) is 39.0 Å². The SMILES string of the molecule is CCCCCCC=CC(F)(F)C(F)(F)C(F)(F)C(F)(F)C(F)(F)C(F)(F)F. The van der Waals surface area contributed by atoms with Gasteiger partial charge in [-0.1, -0.05) is 32.3 Å². The lowest BCUT2D eigenvalue weighted by Crippen LogP contribution is -2.69. The van der Waals surface area contributed by atoms with Crippen LogP contribution in [-0.4, -0.2) is 35.8 Å². The Hall–Kier alpha value is -1.17. The molecule has 0 spiro atoms. The number of allylic oxidation sites excluding steroid dienone is 2. The second-order valence-corrected chi connectivity index (χ2v) is 5.67. The molecule has 0 heterocycles. The Kier molecular flexibility index (Phi) is 7.71. The van der Waals surface area contributed by atoms with Crippen LogP contribution in [0, 0.1) is 0 Å². The van der Waals surface area contributed by atoms with Gasteiger partial charge in [-0.2, -0.15) is 57.1 Å². The monoisotopic (exact) mass is 430 g/mol. The smallest absolute Gasteiger partial charge is 0.195 e. The molecule has 0 bridgehead atoms.